The van der Waals surface area contributed by atoms with Gasteiger partial charge in [-0.25, -0.2) is 0 Å². The summed E-state index contributed by atoms with van der Waals surface area (Å²) in [5, 5.41) is 0. The monoisotopic (exact) mass is 490 g/mol. The summed E-state index contributed by atoms with van der Waals surface area (Å²) in [6.07, 6.45) is 2.11. The SMILES string of the molecule is CCC(=O)O[C@@H]1[C@@H]2[C@@H](OC(C)=O)[C@]3(CC[C@H]4[C@@H](C=C(C)C(=O)[C@@]2(OC(C)=O)C[C@@H]1C)C4(C)C)CO3. The minimum atomic E-state index is -1.64. The van der Waals surface area contributed by atoms with Gasteiger partial charge in [0.25, 0.3) is 0 Å². The molecule has 1 aliphatic heterocycles. The first-order chi connectivity index (χ1) is 16.3. The van der Waals surface area contributed by atoms with Gasteiger partial charge in [-0.1, -0.05) is 33.8 Å². The zero-order chi connectivity index (χ0) is 25.9. The first-order valence-electron chi connectivity index (χ1n) is 12.7. The van der Waals surface area contributed by atoms with Crippen LogP contribution in [0, 0.1) is 29.1 Å². The van der Waals surface area contributed by atoms with E-state index >= 15 is 0 Å². The maximum atomic E-state index is 14.2. The van der Waals surface area contributed by atoms with Gasteiger partial charge in [0, 0.05) is 26.7 Å². The fourth-order valence-electron chi connectivity index (χ4n) is 6.83. The third kappa shape index (κ3) is 4.32. The van der Waals surface area contributed by atoms with Gasteiger partial charge in [0.2, 0.25) is 5.78 Å². The molecule has 3 fully saturated rings. The topological polar surface area (TPSA) is 108 Å². The highest BCUT2D eigenvalue weighted by molar-refractivity contribution is 6.03. The van der Waals surface area contributed by atoms with Gasteiger partial charge in [0.15, 0.2) is 5.60 Å². The van der Waals surface area contributed by atoms with Crippen molar-refractivity contribution in [2.75, 3.05) is 6.61 Å². The van der Waals surface area contributed by atoms with Gasteiger partial charge < -0.3 is 18.9 Å². The molecule has 0 radical (unpaired) electrons. The predicted octanol–water partition coefficient (Wildman–Crippen LogP) is 3.55. The number of fused-ring (bicyclic) bond motifs is 2. The van der Waals surface area contributed by atoms with Gasteiger partial charge in [-0.15, -0.1) is 0 Å². The summed E-state index contributed by atoms with van der Waals surface area (Å²) >= 11 is 0. The summed E-state index contributed by atoms with van der Waals surface area (Å²) in [6.45, 7) is 12.6. The van der Waals surface area contributed by atoms with Gasteiger partial charge in [0.05, 0.1) is 12.5 Å². The lowest BCUT2D eigenvalue weighted by atomic mass is 9.74. The lowest BCUT2D eigenvalue weighted by Gasteiger charge is -2.41. The van der Waals surface area contributed by atoms with E-state index < -0.39 is 47.2 Å². The van der Waals surface area contributed by atoms with Crippen LogP contribution in [-0.4, -0.2) is 53.7 Å². The Bertz CT molecular complexity index is 960. The van der Waals surface area contributed by atoms with Crippen molar-refractivity contribution in [1.82, 2.24) is 0 Å². The molecule has 1 saturated heterocycles. The summed E-state index contributed by atoms with van der Waals surface area (Å²) in [5.74, 6) is -2.51. The van der Waals surface area contributed by atoms with E-state index in [0.717, 1.165) is 6.42 Å². The Balaban J connectivity index is 1.91. The molecule has 8 heteroatoms. The van der Waals surface area contributed by atoms with Crippen LogP contribution < -0.4 is 0 Å². The smallest absolute Gasteiger partial charge is 0.305 e. The van der Waals surface area contributed by atoms with Crippen LogP contribution in [0.25, 0.3) is 0 Å². The molecule has 0 aromatic rings. The summed E-state index contributed by atoms with van der Waals surface area (Å²) in [4.78, 5) is 51.5. The normalized spacial score (nSPS) is 41.6. The number of carbonyl (C=O) groups is 4. The van der Waals surface area contributed by atoms with E-state index in [1.165, 1.54) is 13.8 Å². The van der Waals surface area contributed by atoms with Gasteiger partial charge in [-0.05, 0) is 48.5 Å². The zero-order valence-corrected chi connectivity index (χ0v) is 21.8. The van der Waals surface area contributed by atoms with Crippen molar-refractivity contribution in [2.24, 2.45) is 29.1 Å². The minimum Gasteiger partial charge on any atom is -0.461 e. The first-order valence-corrected chi connectivity index (χ1v) is 12.7. The fraction of sp³-hybridized carbons (Fsp3) is 0.778. The van der Waals surface area contributed by atoms with Crippen LogP contribution in [0.2, 0.25) is 0 Å². The molecule has 0 bridgehead atoms. The molecule has 35 heavy (non-hydrogen) atoms. The number of Topliss-reactive ketones (excluding diaryl/α,β-unsaturated/α-hetero) is 1. The molecule has 0 unspecified atom stereocenters. The molecule has 1 heterocycles. The molecule has 0 aromatic heterocycles. The Morgan fingerprint density at radius 1 is 1.14 bits per heavy atom. The number of hydrogen-bond acceptors (Lipinski definition) is 8. The number of allylic oxidation sites excluding steroid dienone is 1. The molecule has 0 N–H and O–H groups in total. The van der Waals surface area contributed by atoms with E-state index in [1.807, 2.05) is 13.0 Å². The van der Waals surface area contributed by atoms with Crippen molar-refractivity contribution in [2.45, 2.75) is 97.6 Å². The number of rotatable bonds is 4. The largest absolute Gasteiger partial charge is 0.461 e. The van der Waals surface area contributed by atoms with Gasteiger partial charge in [-0.3, -0.25) is 19.2 Å². The van der Waals surface area contributed by atoms with Crippen LogP contribution in [0.5, 0.6) is 0 Å². The quantitative estimate of drug-likeness (QED) is 0.334. The van der Waals surface area contributed by atoms with Gasteiger partial charge in [0.1, 0.15) is 17.8 Å². The van der Waals surface area contributed by atoms with Crippen molar-refractivity contribution in [3.8, 4) is 0 Å². The predicted molar refractivity (Wildman–Crippen MR) is 125 cm³/mol. The third-order valence-electron chi connectivity index (χ3n) is 8.80. The molecule has 8 atom stereocenters. The Labute approximate surface area is 207 Å². The molecule has 3 aliphatic carbocycles. The Morgan fingerprint density at radius 2 is 1.80 bits per heavy atom. The average Bonchev–Trinajstić information content (AvgIpc) is 3.62. The van der Waals surface area contributed by atoms with E-state index in [9.17, 15) is 19.2 Å². The maximum absolute atomic E-state index is 14.2. The summed E-state index contributed by atoms with van der Waals surface area (Å²) in [6, 6.07) is 0. The van der Waals surface area contributed by atoms with Crippen LogP contribution in [-0.2, 0) is 38.1 Å². The van der Waals surface area contributed by atoms with Crippen molar-refractivity contribution in [3.05, 3.63) is 11.6 Å². The van der Waals surface area contributed by atoms with Crippen molar-refractivity contribution in [1.29, 1.82) is 0 Å². The highest BCUT2D eigenvalue weighted by atomic mass is 16.6. The number of esters is 3. The fourth-order valence-corrected chi connectivity index (χ4v) is 6.83. The van der Waals surface area contributed by atoms with Crippen LogP contribution in [0.3, 0.4) is 0 Å². The molecule has 1 spiro atoms. The molecule has 8 nitrogen and oxygen atoms in total. The van der Waals surface area contributed by atoms with E-state index in [2.05, 4.69) is 13.8 Å². The minimum absolute atomic E-state index is 0.0317. The summed E-state index contributed by atoms with van der Waals surface area (Å²) < 4.78 is 23.7. The van der Waals surface area contributed by atoms with Gasteiger partial charge in [-0.2, -0.15) is 0 Å². The number of ketones is 1. The summed E-state index contributed by atoms with van der Waals surface area (Å²) in [5.41, 5.74) is -1.91. The standard InChI is InChI=1S/C27H38O8/c1-8-20(30)34-22-15(3)12-27(35-17(5)29)21(22)24(33-16(4)28)26(13-32-26)10-9-18-19(25(18,6)7)11-14(2)23(27)31/h11,15,18-19,21-22,24H,8-10,12-13H2,1-7H3/t15-,18-,19+,21+,22-,24+,26-,27+/m0/s1. The molecule has 4 rings (SSSR count). The van der Waals surface area contributed by atoms with Crippen molar-refractivity contribution >= 4 is 23.7 Å². The molecule has 4 aliphatic rings. The number of epoxide rings is 1. The van der Waals surface area contributed by atoms with E-state index in [1.54, 1.807) is 13.8 Å². The van der Waals surface area contributed by atoms with Crippen LogP contribution in [0.4, 0.5) is 0 Å². The lowest BCUT2D eigenvalue weighted by molar-refractivity contribution is -0.190. The van der Waals surface area contributed by atoms with Gasteiger partial charge >= 0.3 is 17.9 Å². The van der Waals surface area contributed by atoms with E-state index in [-0.39, 0.29) is 35.9 Å². The number of carbonyl (C=O) groups excluding carboxylic acids is 4. The molecule has 0 aromatic carbocycles. The maximum Gasteiger partial charge on any atom is 0.305 e. The van der Waals surface area contributed by atoms with E-state index in [0.29, 0.717) is 24.5 Å². The van der Waals surface area contributed by atoms with E-state index in [4.69, 9.17) is 18.9 Å². The Kier molecular flexibility index (Phi) is 6.44. The Morgan fingerprint density at radius 3 is 2.34 bits per heavy atom. The molecule has 0 amide bonds. The second-order valence-corrected chi connectivity index (χ2v) is 11.6. The molecule has 194 valence electrons. The van der Waals surface area contributed by atoms with Crippen LogP contribution in [0.1, 0.15) is 74.1 Å². The van der Waals surface area contributed by atoms with Crippen LogP contribution >= 0.6 is 0 Å². The first kappa shape index (κ1) is 25.9. The second kappa shape index (κ2) is 8.71. The average molecular weight is 491 g/mol. The number of ether oxygens (including phenoxy) is 4. The highest BCUT2D eigenvalue weighted by Crippen LogP contribution is 2.64. The van der Waals surface area contributed by atoms with Crippen molar-refractivity contribution in [3.63, 3.8) is 0 Å². The second-order valence-electron chi connectivity index (χ2n) is 11.6. The molecular weight excluding hydrogens is 452 g/mol. The Hall–Kier alpha value is -2.22. The number of hydrogen-bond donors (Lipinski definition) is 0. The van der Waals surface area contributed by atoms with Crippen molar-refractivity contribution < 1.29 is 38.1 Å². The lowest BCUT2D eigenvalue weighted by Crippen LogP contribution is -2.58. The third-order valence-corrected chi connectivity index (χ3v) is 8.80. The van der Waals surface area contributed by atoms with Crippen LogP contribution in [0.15, 0.2) is 11.6 Å². The summed E-state index contributed by atoms with van der Waals surface area (Å²) in [7, 11) is 0. The zero-order valence-electron chi connectivity index (χ0n) is 21.8. The molecule has 2 saturated carbocycles. The highest BCUT2D eigenvalue weighted by Gasteiger charge is 2.71. The molecular formula is C27H38O8.